The summed E-state index contributed by atoms with van der Waals surface area (Å²) in [7, 11) is 0. The number of aliphatic hydroxyl groups excluding tert-OH is 2. The second-order valence-corrected chi connectivity index (χ2v) is 8.68. The van der Waals surface area contributed by atoms with Crippen molar-refractivity contribution in [2.75, 3.05) is 6.61 Å². The minimum absolute atomic E-state index is 0.344. The number of carbonyl (C=O) groups excluding carboxylic acids is 1. The van der Waals surface area contributed by atoms with Gasteiger partial charge in [0.15, 0.2) is 0 Å². The third-order valence-corrected chi connectivity index (χ3v) is 4.62. The summed E-state index contributed by atoms with van der Waals surface area (Å²) in [6, 6.07) is -0.761. The van der Waals surface area contributed by atoms with Gasteiger partial charge >= 0.3 is 6.09 Å². The third-order valence-electron chi connectivity index (χ3n) is 4.62. The zero-order valence-electron chi connectivity index (χ0n) is 18.7. The van der Waals surface area contributed by atoms with Gasteiger partial charge in [0.1, 0.15) is 5.60 Å². The van der Waals surface area contributed by atoms with Crippen molar-refractivity contribution in [2.45, 2.75) is 122 Å². The topological polar surface area (TPSA) is 78.8 Å². The van der Waals surface area contributed by atoms with E-state index in [-0.39, 0.29) is 6.61 Å². The van der Waals surface area contributed by atoms with Crippen LogP contribution in [0.25, 0.3) is 0 Å². The summed E-state index contributed by atoms with van der Waals surface area (Å²) in [4.78, 5) is 11.7. The number of nitrogens with one attached hydrogen (secondary N) is 1. The molecule has 0 fully saturated rings. The highest BCUT2D eigenvalue weighted by Gasteiger charge is 2.22. The van der Waals surface area contributed by atoms with Crippen molar-refractivity contribution in [3.63, 3.8) is 0 Å². The van der Waals surface area contributed by atoms with Crippen LogP contribution in [0.15, 0.2) is 12.2 Å². The fourth-order valence-electron chi connectivity index (χ4n) is 2.99. The molecule has 166 valence electrons. The molecule has 28 heavy (non-hydrogen) atoms. The highest BCUT2D eigenvalue weighted by molar-refractivity contribution is 5.68. The smallest absolute Gasteiger partial charge is 0.408 e. The van der Waals surface area contributed by atoms with Gasteiger partial charge < -0.3 is 20.3 Å². The number of alkyl carbamates (subject to hydrolysis) is 1. The highest BCUT2D eigenvalue weighted by Crippen LogP contribution is 2.12. The molecular formula is C23H45NO4. The Morgan fingerprint density at radius 1 is 0.964 bits per heavy atom. The lowest BCUT2D eigenvalue weighted by Gasteiger charge is -2.24. The lowest BCUT2D eigenvalue weighted by Crippen LogP contribution is -2.47. The molecule has 0 saturated heterocycles. The van der Waals surface area contributed by atoms with E-state index in [0.717, 1.165) is 12.8 Å². The van der Waals surface area contributed by atoms with Gasteiger partial charge in [0.2, 0.25) is 0 Å². The molecule has 0 radical (unpaired) electrons. The van der Waals surface area contributed by atoms with E-state index in [0.29, 0.717) is 0 Å². The largest absolute Gasteiger partial charge is 0.444 e. The van der Waals surface area contributed by atoms with E-state index >= 15 is 0 Å². The molecule has 0 aromatic rings. The van der Waals surface area contributed by atoms with Gasteiger partial charge in [0, 0.05) is 0 Å². The molecule has 0 rings (SSSR count). The maximum absolute atomic E-state index is 11.7. The summed E-state index contributed by atoms with van der Waals surface area (Å²) >= 11 is 0. The van der Waals surface area contributed by atoms with Gasteiger partial charge in [-0.25, -0.2) is 4.79 Å². The van der Waals surface area contributed by atoms with Crippen molar-refractivity contribution < 1.29 is 19.7 Å². The first-order chi connectivity index (χ1) is 13.3. The van der Waals surface area contributed by atoms with Crippen LogP contribution in [0.4, 0.5) is 4.79 Å². The monoisotopic (exact) mass is 399 g/mol. The number of ether oxygens (including phenoxy) is 1. The van der Waals surface area contributed by atoms with E-state index in [1.165, 1.54) is 64.2 Å². The lowest BCUT2D eigenvalue weighted by atomic mass is 10.0. The Morgan fingerprint density at radius 3 is 1.93 bits per heavy atom. The minimum atomic E-state index is -0.926. The molecule has 0 bridgehead atoms. The van der Waals surface area contributed by atoms with Gasteiger partial charge in [-0.3, -0.25) is 0 Å². The van der Waals surface area contributed by atoms with Gasteiger partial charge in [-0.1, -0.05) is 83.3 Å². The van der Waals surface area contributed by atoms with Gasteiger partial charge in [0.25, 0.3) is 0 Å². The van der Waals surface area contributed by atoms with Crippen molar-refractivity contribution in [1.29, 1.82) is 0 Å². The summed E-state index contributed by atoms with van der Waals surface area (Å²) in [5.41, 5.74) is -0.611. The summed E-state index contributed by atoms with van der Waals surface area (Å²) in [6.45, 7) is 7.21. The maximum atomic E-state index is 11.7. The van der Waals surface area contributed by atoms with Crippen molar-refractivity contribution in [1.82, 2.24) is 5.32 Å². The summed E-state index contributed by atoms with van der Waals surface area (Å²) in [6.07, 6.45) is 17.3. The predicted octanol–water partition coefficient (Wildman–Crippen LogP) is 5.49. The molecule has 0 aliphatic rings. The molecule has 0 aliphatic carbocycles. The van der Waals surface area contributed by atoms with E-state index in [4.69, 9.17) is 4.74 Å². The minimum Gasteiger partial charge on any atom is -0.444 e. The number of aliphatic hydroxyl groups is 2. The molecule has 0 saturated carbocycles. The standard InChI is InChI=1S/C23H45NO4/c1-5-6-7-8-9-10-11-12-13-14-15-16-17-18-21(26)20(19-25)24-22(27)28-23(2,3)4/h17-18,20-21,25-26H,5-16,19H2,1-4H3,(H,24,27)/b18-17+/t20-,21+/m0/s1. The number of hydrogen-bond acceptors (Lipinski definition) is 4. The predicted molar refractivity (Wildman–Crippen MR) is 116 cm³/mol. The average Bonchev–Trinajstić information content (AvgIpc) is 2.61. The van der Waals surface area contributed by atoms with Crippen LogP contribution in [0.1, 0.15) is 105 Å². The maximum Gasteiger partial charge on any atom is 0.408 e. The fourth-order valence-corrected chi connectivity index (χ4v) is 2.99. The van der Waals surface area contributed by atoms with Gasteiger partial charge in [0.05, 0.1) is 18.8 Å². The molecule has 0 aliphatic heterocycles. The molecule has 0 aromatic carbocycles. The van der Waals surface area contributed by atoms with Gasteiger partial charge in [-0.2, -0.15) is 0 Å². The molecule has 0 unspecified atom stereocenters. The summed E-state index contributed by atoms with van der Waals surface area (Å²) < 4.78 is 5.15. The Bertz CT molecular complexity index is 404. The van der Waals surface area contributed by atoms with E-state index in [1.54, 1.807) is 26.8 Å². The quantitative estimate of drug-likeness (QED) is 0.237. The SMILES string of the molecule is CCCCCCCCCCCCC/C=C/[C@@H](O)[C@H](CO)NC(=O)OC(C)(C)C. The number of allylic oxidation sites excluding steroid dienone is 1. The molecule has 3 N–H and O–H groups in total. The summed E-state index contributed by atoms with van der Waals surface area (Å²) in [5.74, 6) is 0. The van der Waals surface area contributed by atoms with Crippen LogP contribution < -0.4 is 5.32 Å². The Hall–Kier alpha value is -1.07. The number of hydrogen-bond donors (Lipinski definition) is 3. The number of carbonyl (C=O) groups is 1. The first-order valence-electron chi connectivity index (χ1n) is 11.2. The van der Waals surface area contributed by atoms with Crippen molar-refractivity contribution >= 4 is 6.09 Å². The number of amides is 1. The van der Waals surface area contributed by atoms with Crippen LogP contribution in [-0.4, -0.2) is 40.7 Å². The molecule has 0 spiro atoms. The second-order valence-electron chi connectivity index (χ2n) is 8.68. The number of rotatable bonds is 16. The van der Waals surface area contributed by atoms with Crippen molar-refractivity contribution in [3.05, 3.63) is 12.2 Å². The van der Waals surface area contributed by atoms with E-state index in [2.05, 4.69) is 12.2 Å². The van der Waals surface area contributed by atoms with Crippen molar-refractivity contribution in [3.8, 4) is 0 Å². The summed E-state index contributed by atoms with van der Waals surface area (Å²) in [5, 5.41) is 22.0. The molecule has 0 heterocycles. The Morgan fingerprint density at radius 2 is 1.46 bits per heavy atom. The zero-order valence-corrected chi connectivity index (χ0v) is 18.7. The van der Waals surface area contributed by atoms with Crippen LogP contribution >= 0.6 is 0 Å². The molecule has 5 heteroatoms. The van der Waals surface area contributed by atoms with E-state index in [1.807, 2.05) is 6.08 Å². The van der Waals surface area contributed by atoms with Crippen LogP contribution in [0.2, 0.25) is 0 Å². The second kappa shape index (κ2) is 16.8. The van der Waals surface area contributed by atoms with Crippen LogP contribution in [-0.2, 0) is 4.74 Å². The van der Waals surface area contributed by atoms with Crippen LogP contribution in [0.3, 0.4) is 0 Å². The first kappa shape index (κ1) is 26.9. The zero-order chi connectivity index (χ0) is 21.3. The fraction of sp³-hybridized carbons (Fsp3) is 0.870. The van der Waals surface area contributed by atoms with Gasteiger partial charge in [-0.15, -0.1) is 0 Å². The molecule has 5 nitrogen and oxygen atoms in total. The number of unbranched alkanes of at least 4 members (excludes halogenated alkanes) is 11. The normalized spacial score (nSPS) is 14.2. The average molecular weight is 400 g/mol. The van der Waals surface area contributed by atoms with Gasteiger partial charge in [-0.05, 0) is 33.6 Å². The molecule has 2 atom stereocenters. The first-order valence-corrected chi connectivity index (χ1v) is 11.2. The molecular weight excluding hydrogens is 354 g/mol. The lowest BCUT2D eigenvalue weighted by molar-refractivity contribution is 0.0405. The Labute approximate surface area is 172 Å². The third kappa shape index (κ3) is 17.1. The highest BCUT2D eigenvalue weighted by atomic mass is 16.6. The molecule has 1 amide bonds. The van der Waals surface area contributed by atoms with Crippen LogP contribution in [0.5, 0.6) is 0 Å². The van der Waals surface area contributed by atoms with Crippen molar-refractivity contribution in [2.24, 2.45) is 0 Å². The van der Waals surface area contributed by atoms with E-state index < -0.39 is 23.8 Å². The molecule has 0 aromatic heterocycles. The Balaban J connectivity index is 3.75. The van der Waals surface area contributed by atoms with E-state index in [9.17, 15) is 15.0 Å². The van der Waals surface area contributed by atoms with Crippen LogP contribution in [0, 0.1) is 0 Å². The Kier molecular flexibility index (Phi) is 16.2.